The van der Waals surface area contributed by atoms with E-state index in [1.165, 1.54) is 18.2 Å². The lowest BCUT2D eigenvalue weighted by molar-refractivity contribution is 0.0713. The third-order valence-corrected chi connectivity index (χ3v) is 6.36. The number of ether oxygens (including phenoxy) is 1. The van der Waals surface area contributed by atoms with Gasteiger partial charge in [-0.2, -0.15) is 0 Å². The van der Waals surface area contributed by atoms with Crippen LogP contribution in [0.2, 0.25) is 0 Å². The monoisotopic (exact) mass is 442 g/mol. The second-order valence-corrected chi connectivity index (χ2v) is 9.02. The second-order valence-electron chi connectivity index (χ2n) is 9.02. The molecule has 1 amide bonds. The largest absolute Gasteiger partial charge is 0.434 e. The number of nitrogens with one attached hydrogen (secondary N) is 1. The Balaban J connectivity index is 1.62. The quantitative estimate of drug-likeness (QED) is 0.736. The van der Waals surface area contributed by atoms with Crippen molar-refractivity contribution in [3.63, 3.8) is 0 Å². The molecule has 1 aromatic heterocycles. The molecule has 2 saturated heterocycles. The number of aromatic nitrogens is 3. The van der Waals surface area contributed by atoms with Crippen LogP contribution in [0.15, 0.2) is 18.2 Å². The highest BCUT2D eigenvalue weighted by Crippen LogP contribution is 2.43. The molecule has 0 atom stereocenters. The summed E-state index contributed by atoms with van der Waals surface area (Å²) in [5.74, 6) is 0.849. The first-order valence-corrected chi connectivity index (χ1v) is 11.3. The summed E-state index contributed by atoms with van der Waals surface area (Å²) < 4.78 is 20.1. The molecule has 2 aliphatic rings. The number of hydrogen-bond donors (Lipinski definition) is 1. The Labute approximate surface area is 188 Å². The molecular weight excluding hydrogens is 411 g/mol. The van der Waals surface area contributed by atoms with Crippen LogP contribution < -0.4 is 15.0 Å². The SMILES string of the molecule is CCN(C(=O)c1cc(F)ccc1Oc1nnc(C)nc1N1CC2(CCNCC2)C1)C(C)C. The standard InChI is InChI=1S/C23H31FN6O2/c1-5-30(15(2)3)22(31)18-12-17(24)6-7-19(18)32-21-20(26-16(4)27-28-21)29-13-23(14-29)8-10-25-11-9-23/h6-7,12,15,25H,5,8-11,13-14H2,1-4H3. The Kier molecular flexibility index (Phi) is 6.28. The van der Waals surface area contributed by atoms with Crippen LogP contribution in [-0.2, 0) is 0 Å². The van der Waals surface area contributed by atoms with Crippen molar-refractivity contribution >= 4 is 11.7 Å². The van der Waals surface area contributed by atoms with Gasteiger partial charge in [-0.15, -0.1) is 10.2 Å². The third kappa shape index (κ3) is 4.39. The summed E-state index contributed by atoms with van der Waals surface area (Å²) in [6.45, 7) is 11.9. The van der Waals surface area contributed by atoms with Gasteiger partial charge in [-0.25, -0.2) is 9.37 Å². The van der Waals surface area contributed by atoms with Crippen molar-refractivity contribution in [1.82, 2.24) is 25.4 Å². The summed E-state index contributed by atoms with van der Waals surface area (Å²) in [6, 6.07) is 3.93. The molecular formula is C23H31FN6O2. The van der Waals surface area contributed by atoms with E-state index < -0.39 is 5.82 Å². The molecule has 0 bridgehead atoms. The van der Waals surface area contributed by atoms with E-state index in [1.54, 1.807) is 11.8 Å². The maximum atomic E-state index is 14.1. The number of amides is 1. The Bertz CT molecular complexity index is 984. The normalized spacial score (nSPS) is 17.4. The number of halogens is 1. The zero-order valence-corrected chi connectivity index (χ0v) is 19.2. The minimum absolute atomic E-state index is 0.0257. The Morgan fingerprint density at radius 2 is 2.00 bits per heavy atom. The number of nitrogens with zero attached hydrogens (tertiary/aromatic N) is 5. The lowest BCUT2D eigenvalue weighted by Crippen LogP contribution is -2.60. The summed E-state index contributed by atoms with van der Waals surface area (Å²) >= 11 is 0. The van der Waals surface area contributed by atoms with Crippen LogP contribution in [0.25, 0.3) is 0 Å². The molecule has 8 nitrogen and oxygen atoms in total. The van der Waals surface area contributed by atoms with E-state index in [-0.39, 0.29) is 29.1 Å². The highest BCUT2D eigenvalue weighted by molar-refractivity contribution is 5.97. The molecule has 172 valence electrons. The van der Waals surface area contributed by atoms with Crippen molar-refractivity contribution in [3.8, 4) is 11.6 Å². The lowest BCUT2D eigenvalue weighted by atomic mass is 9.72. The number of anilines is 1. The lowest BCUT2D eigenvalue weighted by Gasteiger charge is -2.52. The van der Waals surface area contributed by atoms with Gasteiger partial charge >= 0.3 is 0 Å². The van der Waals surface area contributed by atoms with Gasteiger partial charge in [0.2, 0.25) is 0 Å². The van der Waals surface area contributed by atoms with Gasteiger partial charge in [-0.3, -0.25) is 4.79 Å². The van der Waals surface area contributed by atoms with Gasteiger partial charge in [-0.05, 0) is 71.8 Å². The molecule has 1 N–H and O–H groups in total. The number of carbonyl (C=O) groups excluding carboxylic acids is 1. The van der Waals surface area contributed by atoms with Gasteiger partial charge in [-0.1, -0.05) is 0 Å². The van der Waals surface area contributed by atoms with Crippen LogP contribution in [0.4, 0.5) is 10.2 Å². The van der Waals surface area contributed by atoms with E-state index in [2.05, 4.69) is 25.4 Å². The zero-order valence-electron chi connectivity index (χ0n) is 19.2. The van der Waals surface area contributed by atoms with Crippen LogP contribution in [0, 0.1) is 18.2 Å². The molecule has 1 spiro atoms. The maximum Gasteiger partial charge on any atom is 0.282 e. The molecule has 2 fully saturated rings. The molecule has 32 heavy (non-hydrogen) atoms. The topological polar surface area (TPSA) is 83.5 Å². The van der Waals surface area contributed by atoms with E-state index in [9.17, 15) is 9.18 Å². The molecule has 2 aliphatic heterocycles. The van der Waals surface area contributed by atoms with Crippen molar-refractivity contribution in [2.75, 3.05) is 37.6 Å². The van der Waals surface area contributed by atoms with Crippen molar-refractivity contribution in [2.24, 2.45) is 5.41 Å². The van der Waals surface area contributed by atoms with Crippen molar-refractivity contribution in [3.05, 3.63) is 35.4 Å². The van der Waals surface area contributed by atoms with E-state index in [0.717, 1.165) is 39.0 Å². The summed E-state index contributed by atoms with van der Waals surface area (Å²) in [7, 11) is 0. The zero-order chi connectivity index (χ0) is 22.9. The Hall–Kier alpha value is -2.81. The summed E-state index contributed by atoms with van der Waals surface area (Å²) in [4.78, 5) is 21.5. The fraction of sp³-hybridized carbons (Fsp3) is 0.565. The first-order chi connectivity index (χ1) is 15.3. The molecule has 0 saturated carbocycles. The second kappa shape index (κ2) is 8.97. The van der Waals surface area contributed by atoms with Crippen LogP contribution in [-0.4, -0.2) is 64.8 Å². The minimum atomic E-state index is -0.496. The highest BCUT2D eigenvalue weighted by atomic mass is 19.1. The summed E-state index contributed by atoms with van der Waals surface area (Å²) in [5, 5.41) is 11.7. The molecule has 0 unspecified atom stereocenters. The average molecular weight is 443 g/mol. The predicted octanol–water partition coefficient (Wildman–Crippen LogP) is 3.17. The van der Waals surface area contributed by atoms with Crippen LogP contribution in [0.5, 0.6) is 11.6 Å². The first kappa shape index (κ1) is 22.4. The van der Waals surface area contributed by atoms with E-state index >= 15 is 0 Å². The number of piperidine rings is 1. The fourth-order valence-electron chi connectivity index (χ4n) is 4.60. The van der Waals surface area contributed by atoms with E-state index in [4.69, 9.17) is 4.74 Å². The molecule has 4 rings (SSSR count). The number of benzene rings is 1. The van der Waals surface area contributed by atoms with Gasteiger partial charge in [0.15, 0.2) is 11.6 Å². The smallest absolute Gasteiger partial charge is 0.282 e. The van der Waals surface area contributed by atoms with E-state index in [1.807, 2.05) is 20.8 Å². The van der Waals surface area contributed by atoms with Crippen molar-refractivity contribution < 1.29 is 13.9 Å². The fourth-order valence-corrected chi connectivity index (χ4v) is 4.60. The molecule has 1 aromatic carbocycles. The number of hydrogen-bond acceptors (Lipinski definition) is 7. The number of aryl methyl sites for hydroxylation is 1. The average Bonchev–Trinajstić information content (AvgIpc) is 2.75. The van der Waals surface area contributed by atoms with Gasteiger partial charge in [0.05, 0.1) is 5.56 Å². The summed E-state index contributed by atoms with van der Waals surface area (Å²) in [5.41, 5.74) is 0.462. The Morgan fingerprint density at radius 1 is 1.28 bits per heavy atom. The van der Waals surface area contributed by atoms with E-state index in [0.29, 0.717) is 23.6 Å². The van der Waals surface area contributed by atoms with Crippen LogP contribution >= 0.6 is 0 Å². The highest BCUT2D eigenvalue weighted by Gasteiger charge is 2.45. The van der Waals surface area contributed by atoms with Crippen LogP contribution in [0.1, 0.15) is 49.8 Å². The molecule has 9 heteroatoms. The Morgan fingerprint density at radius 3 is 2.66 bits per heavy atom. The van der Waals surface area contributed by atoms with Crippen molar-refractivity contribution in [1.29, 1.82) is 0 Å². The number of carbonyl (C=O) groups is 1. The van der Waals surface area contributed by atoms with Crippen molar-refractivity contribution in [2.45, 2.75) is 46.6 Å². The molecule has 3 heterocycles. The molecule has 0 radical (unpaired) electrons. The molecule has 0 aliphatic carbocycles. The molecule has 2 aromatic rings. The van der Waals surface area contributed by atoms with Gasteiger partial charge < -0.3 is 19.9 Å². The third-order valence-electron chi connectivity index (χ3n) is 6.36. The first-order valence-electron chi connectivity index (χ1n) is 11.3. The van der Waals surface area contributed by atoms with Gasteiger partial charge in [0.25, 0.3) is 11.8 Å². The predicted molar refractivity (Wildman–Crippen MR) is 120 cm³/mol. The van der Waals surface area contributed by atoms with Crippen LogP contribution in [0.3, 0.4) is 0 Å². The van der Waals surface area contributed by atoms with Gasteiger partial charge in [0.1, 0.15) is 11.6 Å². The van der Waals surface area contributed by atoms with Gasteiger partial charge in [0, 0.05) is 31.1 Å². The number of rotatable bonds is 6. The maximum absolute atomic E-state index is 14.1. The minimum Gasteiger partial charge on any atom is -0.434 e. The summed E-state index contributed by atoms with van der Waals surface area (Å²) in [6.07, 6.45) is 2.27.